The molecule has 0 radical (unpaired) electrons. The van der Waals surface area contributed by atoms with Gasteiger partial charge in [-0.25, -0.2) is 0 Å². The molecule has 6 rings (SSSR count). The Balaban J connectivity index is 1.04. The maximum Gasteiger partial charge on any atom is 0.256 e. The number of amides is 2. The monoisotopic (exact) mass is 504 g/mol. The predicted molar refractivity (Wildman–Crippen MR) is 141 cm³/mol. The highest BCUT2D eigenvalue weighted by Gasteiger charge is 2.30. The van der Waals surface area contributed by atoms with Crippen LogP contribution < -0.4 is 19.7 Å². The first-order chi connectivity index (χ1) is 18.2. The van der Waals surface area contributed by atoms with Crippen LogP contribution in [0.4, 0.5) is 5.69 Å². The van der Waals surface area contributed by atoms with Gasteiger partial charge in [-0.05, 0) is 56.0 Å². The largest absolute Gasteiger partial charge is 0.454 e. The topological polar surface area (TPSA) is 74.4 Å². The second-order valence-corrected chi connectivity index (χ2v) is 10.6. The zero-order valence-corrected chi connectivity index (χ0v) is 21.4. The van der Waals surface area contributed by atoms with E-state index in [1.54, 1.807) is 18.2 Å². The fourth-order valence-corrected chi connectivity index (χ4v) is 6.23. The van der Waals surface area contributed by atoms with E-state index in [0.29, 0.717) is 17.1 Å². The van der Waals surface area contributed by atoms with Crippen LogP contribution in [0.3, 0.4) is 0 Å². The lowest BCUT2D eigenvalue weighted by molar-refractivity contribution is 0.0574. The Morgan fingerprint density at radius 1 is 0.811 bits per heavy atom. The number of piperazine rings is 1. The minimum absolute atomic E-state index is 0.0934. The van der Waals surface area contributed by atoms with Crippen molar-refractivity contribution in [1.29, 1.82) is 0 Å². The number of anilines is 1. The number of carbonyl (C=O) groups is 2. The van der Waals surface area contributed by atoms with Crippen LogP contribution in [0.5, 0.6) is 11.5 Å². The molecule has 1 aliphatic carbocycles. The van der Waals surface area contributed by atoms with E-state index in [4.69, 9.17) is 9.47 Å². The number of ether oxygens (including phenoxy) is 2. The zero-order valence-electron chi connectivity index (χ0n) is 21.4. The molecule has 1 saturated carbocycles. The summed E-state index contributed by atoms with van der Waals surface area (Å²) in [4.78, 5) is 33.3. The quantitative estimate of drug-likeness (QED) is 0.672. The number of nitrogens with zero attached hydrogens (tertiary/aromatic N) is 3. The average molecular weight is 505 g/mol. The summed E-state index contributed by atoms with van der Waals surface area (Å²) in [5.74, 6) is 1.33. The van der Waals surface area contributed by atoms with Crippen LogP contribution >= 0.6 is 0 Å². The lowest BCUT2D eigenvalue weighted by atomic mass is 10.0. The van der Waals surface area contributed by atoms with Gasteiger partial charge in [-0.2, -0.15) is 0 Å². The number of benzene rings is 2. The standard InChI is InChI=1S/C29H36N4O4/c34-28(21-9-10-26-27(19-21)37-20-36-26)30-22-11-13-32(14-12-22)25-8-4-3-7-24(25)29(35)33-17-15-31(16-18-33)23-5-1-2-6-23/h3-4,7-10,19,22-23H,1-2,5-6,11-18,20H2,(H,30,34). The first-order valence-corrected chi connectivity index (χ1v) is 13.7. The zero-order chi connectivity index (χ0) is 25.2. The number of para-hydroxylation sites is 1. The van der Waals surface area contributed by atoms with E-state index in [2.05, 4.69) is 21.2 Å². The van der Waals surface area contributed by atoms with Crippen LogP contribution in [0, 0.1) is 0 Å². The van der Waals surface area contributed by atoms with Gasteiger partial charge >= 0.3 is 0 Å². The number of nitrogens with one attached hydrogen (secondary N) is 1. The van der Waals surface area contributed by atoms with E-state index < -0.39 is 0 Å². The number of hydrogen-bond acceptors (Lipinski definition) is 6. The Hall–Kier alpha value is -3.26. The fourth-order valence-electron chi connectivity index (χ4n) is 6.23. The molecule has 3 heterocycles. The number of fused-ring (bicyclic) bond motifs is 1. The highest BCUT2D eigenvalue weighted by Crippen LogP contribution is 2.33. The van der Waals surface area contributed by atoms with E-state index in [9.17, 15) is 9.59 Å². The SMILES string of the molecule is O=C(NC1CCN(c2ccccc2C(=O)N2CCN(C3CCCC3)CC2)CC1)c1ccc2c(c1)OCO2. The van der Waals surface area contributed by atoms with Crippen molar-refractivity contribution < 1.29 is 19.1 Å². The van der Waals surface area contributed by atoms with Crippen LogP contribution in [0.25, 0.3) is 0 Å². The summed E-state index contributed by atoms with van der Waals surface area (Å²) in [5, 5.41) is 3.17. The predicted octanol–water partition coefficient (Wildman–Crippen LogP) is 3.51. The first-order valence-electron chi connectivity index (χ1n) is 13.7. The number of rotatable bonds is 5. The molecule has 0 unspecified atom stereocenters. The van der Waals surface area contributed by atoms with Gasteiger partial charge in [-0.1, -0.05) is 25.0 Å². The molecule has 8 heteroatoms. The van der Waals surface area contributed by atoms with Gasteiger partial charge in [-0.15, -0.1) is 0 Å². The minimum Gasteiger partial charge on any atom is -0.454 e. The van der Waals surface area contributed by atoms with E-state index in [0.717, 1.165) is 69.4 Å². The molecule has 2 saturated heterocycles. The Bertz CT molecular complexity index is 1130. The molecule has 0 aromatic heterocycles. The maximum atomic E-state index is 13.5. The number of piperidine rings is 1. The average Bonchev–Trinajstić information content (AvgIpc) is 3.65. The van der Waals surface area contributed by atoms with Gasteiger partial charge in [0.15, 0.2) is 11.5 Å². The van der Waals surface area contributed by atoms with Crippen molar-refractivity contribution in [2.75, 3.05) is 51.0 Å². The van der Waals surface area contributed by atoms with Crippen molar-refractivity contribution in [2.45, 2.75) is 50.6 Å². The van der Waals surface area contributed by atoms with Crippen molar-refractivity contribution in [3.8, 4) is 11.5 Å². The summed E-state index contributed by atoms with van der Waals surface area (Å²) in [6, 6.07) is 14.1. The molecule has 8 nitrogen and oxygen atoms in total. The van der Waals surface area contributed by atoms with Gasteiger partial charge in [0, 0.05) is 62.6 Å². The van der Waals surface area contributed by atoms with Gasteiger partial charge < -0.3 is 24.6 Å². The molecule has 3 fully saturated rings. The van der Waals surface area contributed by atoms with Gasteiger partial charge in [-0.3, -0.25) is 14.5 Å². The molecule has 2 aromatic carbocycles. The Morgan fingerprint density at radius 3 is 2.32 bits per heavy atom. The molecule has 0 atom stereocenters. The summed E-state index contributed by atoms with van der Waals surface area (Å²) in [5.41, 5.74) is 2.38. The molecular formula is C29H36N4O4. The summed E-state index contributed by atoms with van der Waals surface area (Å²) >= 11 is 0. The fraction of sp³-hybridized carbons (Fsp3) is 0.517. The van der Waals surface area contributed by atoms with E-state index in [1.807, 2.05) is 23.1 Å². The number of carbonyl (C=O) groups excluding carboxylic acids is 2. The molecule has 3 aliphatic heterocycles. The molecule has 2 amide bonds. The molecule has 0 bridgehead atoms. The highest BCUT2D eigenvalue weighted by molar-refractivity contribution is 6.00. The summed E-state index contributed by atoms with van der Waals surface area (Å²) in [6.45, 7) is 5.35. The van der Waals surface area contributed by atoms with Crippen LogP contribution in [0.2, 0.25) is 0 Å². The molecule has 2 aromatic rings. The third kappa shape index (κ3) is 5.12. The van der Waals surface area contributed by atoms with Gasteiger partial charge in [0.2, 0.25) is 6.79 Å². The number of hydrogen-bond donors (Lipinski definition) is 1. The second kappa shape index (κ2) is 10.6. The molecule has 1 N–H and O–H groups in total. The van der Waals surface area contributed by atoms with Gasteiger partial charge in [0.25, 0.3) is 11.8 Å². The summed E-state index contributed by atoms with van der Waals surface area (Å²) in [6.07, 6.45) is 6.97. The molecule has 196 valence electrons. The van der Waals surface area contributed by atoms with Crippen LogP contribution in [0.15, 0.2) is 42.5 Å². The highest BCUT2D eigenvalue weighted by atomic mass is 16.7. The van der Waals surface area contributed by atoms with Crippen molar-refractivity contribution in [3.05, 3.63) is 53.6 Å². The van der Waals surface area contributed by atoms with Crippen LogP contribution in [-0.2, 0) is 0 Å². The lowest BCUT2D eigenvalue weighted by Gasteiger charge is -2.39. The van der Waals surface area contributed by atoms with Crippen molar-refractivity contribution in [3.63, 3.8) is 0 Å². The van der Waals surface area contributed by atoms with Crippen molar-refractivity contribution in [2.24, 2.45) is 0 Å². The molecule has 37 heavy (non-hydrogen) atoms. The van der Waals surface area contributed by atoms with E-state index in [1.165, 1.54) is 25.7 Å². The van der Waals surface area contributed by atoms with E-state index >= 15 is 0 Å². The van der Waals surface area contributed by atoms with Gasteiger partial charge in [0.05, 0.1) is 5.56 Å². The smallest absolute Gasteiger partial charge is 0.256 e. The summed E-state index contributed by atoms with van der Waals surface area (Å²) < 4.78 is 10.7. The van der Waals surface area contributed by atoms with Crippen molar-refractivity contribution >= 4 is 17.5 Å². The van der Waals surface area contributed by atoms with Crippen LogP contribution in [0.1, 0.15) is 59.2 Å². The molecule has 0 spiro atoms. The third-order valence-corrected chi connectivity index (χ3v) is 8.38. The van der Waals surface area contributed by atoms with Crippen molar-refractivity contribution in [1.82, 2.24) is 15.1 Å². The van der Waals surface area contributed by atoms with E-state index in [-0.39, 0.29) is 24.6 Å². The Labute approximate surface area is 218 Å². The van der Waals surface area contributed by atoms with Gasteiger partial charge in [0.1, 0.15) is 0 Å². The second-order valence-electron chi connectivity index (χ2n) is 10.6. The Kier molecular flexibility index (Phi) is 6.91. The normalized spacial score (nSPS) is 20.9. The molecular weight excluding hydrogens is 468 g/mol. The Morgan fingerprint density at radius 2 is 1.54 bits per heavy atom. The third-order valence-electron chi connectivity index (χ3n) is 8.38. The lowest BCUT2D eigenvalue weighted by Crippen LogP contribution is -2.51. The van der Waals surface area contributed by atoms with Crippen LogP contribution in [-0.4, -0.2) is 79.8 Å². The first kappa shape index (κ1) is 24.1. The maximum absolute atomic E-state index is 13.5. The molecule has 4 aliphatic rings. The minimum atomic E-state index is -0.0934. The summed E-state index contributed by atoms with van der Waals surface area (Å²) in [7, 11) is 0.